The Bertz CT molecular complexity index is 339. The zero-order valence-electron chi connectivity index (χ0n) is 10.8. The zero-order valence-corrected chi connectivity index (χ0v) is 10.8. The van der Waals surface area contributed by atoms with Crippen molar-refractivity contribution < 1.29 is 33.7 Å². The van der Waals surface area contributed by atoms with Gasteiger partial charge in [-0.15, -0.1) is 0 Å². The van der Waals surface area contributed by atoms with Crippen molar-refractivity contribution >= 4 is 17.9 Å². The van der Waals surface area contributed by atoms with Gasteiger partial charge >= 0.3 is 17.9 Å². The first-order valence-electron chi connectivity index (χ1n) is 6.15. The average molecular weight is 274 g/mol. The van der Waals surface area contributed by atoms with Crippen molar-refractivity contribution in [2.75, 3.05) is 13.2 Å². The molecular weight excluding hydrogens is 256 g/mol. The average Bonchev–Trinajstić information content (AvgIpc) is 2.30. The second-order valence-electron chi connectivity index (χ2n) is 4.35. The molecule has 0 aromatic heterocycles. The Labute approximate surface area is 110 Å². The highest BCUT2D eigenvalue weighted by atomic mass is 16.6. The van der Waals surface area contributed by atoms with E-state index in [9.17, 15) is 14.4 Å². The summed E-state index contributed by atoms with van der Waals surface area (Å²) in [5, 5.41) is 8.35. The molecule has 2 atom stereocenters. The van der Waals surface area contributed by atoms with Crippen LogP contribution in [-0.4, -0.2) is 48.4 Å². The van der Waals surface area contributed by atoms with E-state index in [1.54, 1.807) is 0 Å². The van der Waals surface area contributed by atoms with Crippen molar-refractivity contribution in [2.45, 2.75) is 44.8 Å². The smallest absolute Gasteiger partial charge is 0.332 e. The first kappa shape index (κ1) is 15.4. The maximum atomic E-state index is 11.4. The van der Waals surface area contributed by atoms with Crippen LogP contribution in [0, 0.1) is 0 Å². The molecule has 1 N–H and O–H groups in total. The molecule has 0 radical (unpaired) electrons. The molecule has 0 aromatic rings. The Kier molecular flexibility index (Phi) is 6.27. The van der Waals surface area contributed by atoms with Gasteiger partial charge in [0.1, 0.15) is 25.4 Å². The number of hydrogen-bond acceptors (Lipinski definition) is 6. The summed E-state index contributed by atoms with van der Waals surface area (Å²) in [7, 11) is 0. The topological polar surface area (TPSA) is 99.1 Å². The molecule has 7 heteroatoms. The van der Waals surface area contributed by atoms with Gasteiger partial charge in [0.25, 0.3) is 0 Å². The molecule has 1 fully saturated rings. The minimum atomic E-state index is -1.15. The van der Waals surface area contributed by atoms with Gasteiger partial charge in [0.2, 0.25) is 0 Å². The Morgan fingerprint density at radius 3 is 2.16 bits per heavy atom. The highest BCUT2D eigenvalue weighted by molar-refractivity contribution is 5.72. The van der Waals surface area contributed by atoms with E-state index in [0.29, 0.717) is 12.8 Å². The molecule has 1 aliphatic rings. The summed E-state index contributed by atoms with van der Waals surface area (Å²) in [6, 6.07) is 0. The quantitative estimate of drug-likeness (QED) is 0.704. The first-order chi connectivity index (χ1) is 8.99. The third kappa shape index (κ3) is 6.19. The third-order valence-electron chi connectivity index (χ3n) is 2.69. The van der Waals surface area contributed by atoms with Crippen LogP contribution in [0.15, 0.2) is 0 Å². The van der Waals surface area contributed by atoms with E-state index in [1.807, 2.05) is 0 Å². The molecule has 0 aliphatic heterocycles. The van der Waals surface area contributed by atoms with E-state index < -0.39 is 43.3 Å². The van der Waals surface area contributed by atoms with Crippen LogP contribution in [0.1, 0.15) is 32.6 Å². The van der Waals surface area contributed by atoms with E-state index in [1.165, 1.54) is 6.92 Å². The number of ether oxygens (including phenoxy) is 3. The molecule has 0 aromatic carbocycles. The Morgan fingerprint density at radius 2 is 1.63 bits per heavy atom. The number of esters is 2. The minimum absolute atomic E-state index is 0.407. The van der Waals surface area contributed by atoms with Crippen LogP contribution in [0.4, 0.5) is 0 Å². The van der Waals surface area contributed by atoms with Crippen molar-refractivity contribution in [1.82, 2.24) is 0 Å². The fourth-order valence-corrected chi connectivity index (χ4v) is 1.97. The summed E-state index contributed by atoms with van der Waals surface area (Å²) in [4.78, 5) is 32.6. The molecular formula is C12H18O7. The van der Waals surface area contributed by atoms with Gasteiger partial charge in [-0.05, 0) is 25.7 Å². The molecule has 19 heavy (non-hydrogen) atoms. The Hall–Kier alpha value is -1.63. The number of carboxylic acids is 1. The lowest BCUT2D eigenvalue weighted by Crippen LogP contribution is -2.38. The molecule has 7 nitrogen and oxygen atoms in total. The number of rotatable bonds is 6. The maximum absolute atomic E-state index is 11.4. The van der Waals surface area contributed by atoms with Gasteiger partial charge in [-0.1, -0.05) is 0 Å². The minimum Gasteiger partial charge on any atom is -0.480 e. The lowest BCUT2D eigenvalue weighted by Gasteiger charge is -2.30. The van der Waals surface area contributed by atoms with Crippen LogP contribution >= 0.6 is 0 Å². The molecule has 1 saturated carbocycles. The highest BCUT2D eigenvalue weighted by Gasteiger charge is 2.30. The molecule has 0 saturated heterocycles. The fraction of sp³-hybridized carbons (Fsp3) is 0.750. The van der Waals surface area contributed by atoms with E-state index in [0.717, 1.165) is 12.8 Å². The summed E-state index contributed by atoms with van der Waals surface area (Å²) in [5.41, 5.74) is 0. The van der Waals surface area contributed by atoms with Gasteiger partial charge in [0.05, 0.1) is 0 Å². The van der Waals surface area contributed by atoms with Crippen molar-refractivity contribution in [3.8, 4) is 0 Å². The van der Waals surface area contributed by atoms with Crippen molar-refractivity contribution in [3.05, 3.63) is 0 Å². The van der Waals surface area contributed by atoms with Gasteiger partial charge in [0.15, 0.2) is 0 Å². The van der Waals surface area contributed by atoms with Gasteiger partial charge in [-0.3, -0.25) is 4.79 Å². The van der Waals surface area contributed by atoms with Crippen LogP contribution in [0.5, 0.6) is 0 Å². The highest BCUT2D eigenvalue weighted by Crippen LogP contribution is 2.24. The Morgan fingerprint density at radius 1 is 1.05 bits per heavy atom. The molecule has 2 unspecified atom stereocenters. The zero-order chi connectivity index (χ0) is 14.3. The van der Waals surface area contributed by atoms with Crippen LogP contribution in [0.25, 0.3) is 0 Å². The normalized spacial score (nSPS) is 22.6. The molecule has 0 bridgehead atoms. The van der Waals surface area contributed by atoms with E-state index in [-0.39, 0.29) is 0 Å². The second kappa shape index (κ2) is 7.73. The van der Waals surface area contributed by atoms with Gasteiger partial charge in [0, 0.05) is 6.92 Å². The van der Waals surface area contributed by atoms with Gasteiger partial charge in [-0.25, -0.2) is 9.59 Å². The largest absolute Gasteiger partial charge is 0.480 e. The second-order valence-corrected chi connectivity index (χ2v) is 4.35. The Balaban J connectivity index is 2.36. The van der Waals surface area contributed by atoms with E-state index in [4.69, 9.17) is 14.6 Å². The predicted octanol–water partition coefficient (Wildman–Crippen LogP) is 0.505. The number of hydrogen-bond donors (Lipinski definition) is 1. The third-order valence-corrected chi connectivity index (χ3v) is 2.69. The summed E-state index contributed by atoms with van der Waals surface area (Å²) < 4.78 is 14.9. The number of aliphatic carboxylic acids is 1. The standard InChI is InChI=1S/C12H18O7/c1-8(13)18-9-4-2-3-5-10(9)19-12(16)7-17-6-11(14)15/h9-10H,2-7H2,1H3,(H,14,15). The SMILES string of the molecule is CC(=O)OC1CCCCC1OC(=O)COCC(=O)O. The molecule has 1 rings (SSSR count). The van der Waals surface area contributed by atoms with Gasteiger partial charge < -0.3 is 19.3 Å². The first-order valence-corrected chi connectivity index (χ1v) is 6.15. The summed E-state index contributed by atoms with van der Waals surface area (Å²) in [5.74, 6) is -2.20. The summed E-state index contributed by atoms with van der Waals surface area (Å²) in [6.07, 6.45) is 2.21. The fourth-order valence-electron chi connectivity index (χ4n) is 1.97. The molecule has 0 spiro atoms. The molecule has 0 amide bonds. The van der Waals surface area contributed by atoms with Crippen molar-refractivity contribution in [3.63, 3.8) is 0 Å². The van der Waals surface area contributed by atoms with Crippen LogP contribution in [-0.2, 0) is 28.6 Å². The van der Waals surface area contributed by atoms with Crippen LogP contribution in [0.3, 0.4) is 0 Å². The predicted molar refractivity (Wildman–Crippen MR) is 62.4 cm³/mol. The van der Waals surface area contributed by atoms with Crippen LogP contribution in [0.2, 0.25) is 0 Å². The summed E-state index contributed by atoms with van der Waals surface area (Å²) >= 11 is 0. The number of carboxylic acid groups (broad SMARTS) is 1. The van der Waals surface area contributed by atoms with Crippen molar-refractivity contribution in [2.24, 2.45) is 0 Å². The van der Waals surface area contributed by atoms with Crippen molar-refractivity contribution in [1.29, 1.82) is 0 Å². The number of carbonyl (C=O) groups excluding carboxylic acids is 2. The van der Waals surface area contributed by atoms with Crippen LogP contribution < -0.4 is 0 Å². The maximum Gasteiger partial charge on any atom is 0.332 e. The monoisotopic (exact) mass is 274 g/mol. The van der Waals surface area contributed by atoms with E-state index in [2.05, 4.69) is 4.74 Å². The lowest BCUT2D eigenvalue weighted by molar-refractivity contribution is -0.174. The summed E-state index contributed by atoms with van der Waals surface area (Å²) in [6.45, 7) is 0.339. The lowest BCUT2D eigenvalue weighted by atomic mass is 9.94. The molecule has 0 heterocycles. The van der Waals surface area contributed by atoms with E-state index >= 15 is 0 Å². The molecule has 1 aliphatic carbocycles. The van der Waals surface area contributed by atoms with Gasteiger partial charge in [-0.2, -0.15) is 0 Å². The number of carbonyl (C=O) groups is 3. The molecule has 108 valence electrons.